The van der Waals surface area contributed by atoms with Gasteiger partial charge in [-0.2, -0.15) is 0 Å². The number of carbonyl (C=O) groups is 1. The fraction of sp³-hybridized carbons (Fsp3) is 0.0909. The number of nitrogens with zero attached hydrogens (tertiary/aromatic N) is 1. The smallest absolute Gasteiger partial charge is 0.234 e. The summed E-state index contributed by atoms with van der Waals surface area (Å²) in [6.45, 7) is 0. The number of fused-ring (bicyclic) bond motifs is 1. The molecule has 0 aliphatic carbocycles. The lowest BCUT2D eigenvalue weighted by Crippen LogP contribution is -2.14. The van der Waals surface area contributed by atoms with Crippen LogP contribution in [0.4, 0.5) is 5.69 Å². The average Bonchev–Trinajstić information content (AvgIpc) is 3.14. The van der Waals surface area contributed by atoms with Gasteiger partial charge >= 0.3 is 0 Å². The summed E-state index contributed by atoms with van der Waals surface area (Å²) in [4.78, 5) is 16.9. The van der Waals surface area contributed by atoms with Crippen LogP contribution >= 0.6 is 23.1 Å². The van der Waals surface area contributed by atoms with E-state index >= 15 is 0 Å². The molecule has 0 aliphatic rings. The molecular formula is C22H18N2O2S2. The molecule has 1 aromatic heterocycles. The molecule has 4 nitrogen and oxygen atoms in total. The van der Waals surface area contributed by atoms with Crippen molar-refractivity contribution < 1.29 is 9.90 Å². The Morgan fingerprint density at radius 1 is 1.04 bits per heavy atom. The van der Waals surface area contributed by atoms with Crippen LogP contribution in [0.3, 0.4) is 0 Å². The molecule has 0 unspecified atom stereocenters. The van der Waals surface area contributed by atoms with E-state index in [0.717, 1.165) is 21.0 Å². The highest BCUT2D eigenvalue weighted by Crippen LogP contribution is 2.36. The fourth-order valence-electron chi connectivity index (χ4n) is 2.81. The number of para-hydroxylation sites is 1. The summed E-state index contributed by atoms with van der Waals surface area (Å²) in [5.74, 6) is 1.24. The van der Waals surface area contributed by atoms with Gasteiger partial charge in [-0.1, -0.05) is 42.5 Å². The lowest BCUT2D eigenvalue weighted by Gasteiger charge is -2.08. The first-order valence-corrected chi connectivity index (χ1v) is 10.8. The predicted molar refractivity (Wildman–Crippen MR) is 118 cm³/mol. The molecule has 2 N–H and O–H groups in total. The maximum absolute atomic E-state index is 12.3. The van der Waals surface area contributed by atoms with Crippen LogP contribution in [0.2, 0.25) is 0 Å². The van der Waals surface area contributed by atoms with Crippen molar-refractivity contribution in [1.29, 1.82) is 0 Å². The number of thiazole rings is 1. The summed E-state index contributed by atoms with van der Waals surface area (Å²) in [5.41, 5.74) is 3.37. The number of nitrogens with one attached hydrogen (secondary N) is 1. The molecule has 0 aliphatic heterocycles. The number of carbonyl (C=O) groups excluding carboxylic acids is 1. The second kappa shape index (κ2) is 8.46. The van der Waals surface area contributed by atoms with Gasteiger partial charge in [0.05, 0.1) is 21.5 Å². The van der Waals surface area contributed by atoms with Gasteiger partial charge in [0.1, 0.15) is 10.8 Å². The molecule has 1 amide bonds. The van der Waals surface area contributed by atoms with Crippen molar-refractivity contribution in [2.24, 2.45) is 0 Å². The van der Waals surface area contributed by atoms with Crippen LogP contribution in [-0.2, 0) is 10.5 Å². The first kappa shape index (κ1) is 18.5. The van der Waals surface area contributed by atoms with Crippen molar-refractivity contribution in [3.63, 3.8) is 0 Å². The number of aromatic hydroxyl groups is 1. The standard InChI is InChI=1S/C22H18N2O2S2/c25-19-11-10-16(23-21(26)14-27-13-15-6-2-1-3-7-15)12-17(19)22-24-18-8-4-5-9-20(18)28-22/h1-12,25H,13-14H2,(H,23,26). The molecule has 6 heteroatoms. The van der Waals surface area contributed by atoms with Crippen molar-refractivity contribution in [3.05, 3.63) is 78.4 Å². The summed E-state index contributed by atoms with van der Waals surface area (Å²) in [6, 6.07) is 23.0. The minimum absolute atomic E-state index is 0.0677. The Morgan fingerprint density at radius 2 is 1.82 bits per heavy atom. The SMILES string of the molecule is O=C(CSCc1ccccc1)Nc1ccc(O)c(-c2nc3ccccc3s2)c1. The van der Waals surface area contributed by atoms with Crippen LogP contribution in [0.1, 0.15) is 5.56 Å². The molecule has 0 saturated carbocycles. The zero-order valence-electron chi connectivity index (χ0n) is 15.0. The van der Waals surface area contributed by atoms with E-state index < -0.39 is 0 Å². The van der Waals surface area contributed by atoms with Gasteiger partial charge in [0, 0.05) is 11.4 Å². The number of aromatic nitrogens is 1. The number of amides is 1. The molecule has 0 bridgehead atoms. The third-order valence-corrected chi connectivity index (χ3v) is 6.22. The summed E-state index contributed by atoms with van der Waals surface area (Å²) in [6.07, 6.45) is 0. The molecule has 0 radical (unpaired) electrons. The Hall–Kier alpha value is -2.83. The van der Waals surface area contributed by atoms with E-state index in [-0.39, 0.29) is 11.7 Å². The van der Waals surface area contributed by atoms with Gasteiger partial charge in [0.2, 0.25) is 5.91 Å². The van der Waals surface area contributed by atoms with Gasteiger partial charge in [-0.05, 0) is 35.9 Å². The van der Waals surface area contributed by atoms with E-state index in [4.69, 9.17) is 0 Å². The van der Waals surface area contributed by atoms with Crippen LogP contribution < -0.4 is 5.32 Å². The highest BCUT2D eigenvalue weighted by atomic mass is 32.2. The largest absolute Gasteiger partial charge is 0.507 e. The van der Waals surface area contributed by atoms with Gasteiger partial charge in [-0.3, -0.25) is 4.79 Å². The van der Waals surface area contributed by atoms with Crippen molar-refractivity contribution >= 4 is 44.9 Å². The summed E-state index contributed by atoms with van der Waals surface area (Å²) in [5, 5.41) is 13.9. The topological polar surface area (TPSA) is 62.2 Å². The number of rotatable bonds is 6. The third-order valence-electron chi connectivity index (χ3n) is 4.15. The Balaban J connectivity index is 1.44. The number of phenols is 1. The van der Waals surface area contributed by atoms with Crippen LogP contribution in [0, 0.1) is 0 Å². The monoisotopic (exact) mass is 406 g/mol. The Kier molecular flexibility index (Phi) is 5.60. The molecule has 140 valence electrons. The molecule has 4 aromatic rings. The molecule has 0 saturated heterocycles. The van der Waals surface area contributed by atoms with Gasteiger partial charge in [-0.25, -0.2) is 4.98 Å². The second-order valence-corrected chi connectivity index (χ2v) is 8.26. The molecule has 3 aromatic carbocycles. The Labute approximate surface area is 171 Å². The van der Waals surface area contributed by atoms with E-state index in [1.165, 1.54) is 16.9 Å². The number of anilines is 1. The Morgan fingerprint density at radius 3 is 2.64 bits per heavy atom. The molecule has 0 atom stereocenters. The zero-order valence-corrected chi connectivity index (χ0v) is 16.6. The van der Waals surface area contributed by atoms with E-state index in [1.54, 1.807) is 30.0 Å². The van der Waals surface area contributed by atoms with E-state index in [2.05, 4.69) is 22.4 Å². The van der Waals surface area contributed by atoms with Crippen LogP contribution in [0.25, 0.3) is 20.8 Å². The Bertz CT molecular complexity index is 1080. The lowest BCUT2D eigenvalue weighted by atomic mass is 10.2. The van der Waals surface area contributed by atoms with E-state index in [9.17, 15) is 9.90 Å². The van der Waals surface area contributed by atoms with Crippen molar-refractivity contribution in [3.8, 4) is 16.3 Å². The molecular weight excluding hydrogens is 388 g/mol. The van der Waals surface area contributed by atoms with Crippen molar-refractivity contribution in [2.75, 3.05) is 11.1 Å². The summed E-state index contributed by atoms with van der Waals surface area (Å²) < 4.78 is 1.06. The first-order chi connectivity index (χ1) is 13.7. The average molecular weight is 407 g/mol. The first-order valence-electron chi connectivity index (χ1n) is 8.79. The summed E-state index contributed by atoms with van der Waals surface area (Å²) in [7, 11) is 0. The van der Waals surface area contributed by atoms with E-state index in [1.807, 2.05) is 42.5 Å². The highest BCUT2D eigenvalue weighted by Gasteiger charge is 2.12. The number of phenolic OH excluding ortho intramolecular Hbond substituents is 1. The van der Waals surface area contributed by atoms with E-state index in [0.29, 0.717) is 17.0 Å². The lowest BCUT2D eigenvalue weighted by molar-refractivity contribution is -0.113. The second-order valence-electron chi connectivity index (χ2n) is 6.25. The van der Waals surface area contributed by atoms with Gasteiger partial charge in [-0.15, -0.1) is 23.1 Å². The highest BCUT2D eigenvalue weighted by molar-refractivity contribution is 7.99. The predicted octanol–water partition coefficient (Wildman–Crippen LogP) is 5.54. The molecule has 28 heavy (non-hydrogen) atoms. The minimum Gasteiger partial charge on any atom is -0.507 e. The quantitative estimate of drug-likeness (QED) is 0.413. The number of thioether (sulfide) groups is 1. The number of benzene rings is 3. The van der Waals surface area contributed by atoms with Crippen LogP contribution in [0.5, 0.6) is 5.75 Å². The molecule has 1 heterocycles. The van der Waals surface area contributed by atoms with Crippen molar-refractivity contribution in [1.82, 2.24) is 4.98 Å². The minimum atomic E-state index is -0.0677. The fourth-order valence-corrected chi connectivity index (χ4v) is 4.58. The van der Waals surface area contributed by atoms with Gasteiger partial charge in [0.15, 0.2) is 0 Å². The maximum atomic E-state index is 12.3. The number of hydrogen-bond acceptors (Lipinski definition) is 5. The molecule has 0 fully saturated rings. The molecule has 0 spiro atoms. The summed E-state index contributed by atoms with van der Waals surface area (Å²) >= 11 is 3.08. The third kappa shape index (κ3) is 4.35. The number of hydrogen-bond donors (Lipinski definition) is 2. The molecule has 4 rings (SSSR count). The van der Waals surface area contributed by atoms with Gasteiger partial charge in [0.25, 0.3) is 0 Å². The van der Waals surface area contributed by atoms with Gasteiger partial charge < -0.3 is 10.4 Å². The van der Waals surface area contributed by atoms with Crippen molar-refractivity contribution in [2.45, 2.75) is 5.75 Å². The maximum Gasteiger partial charge on any atom is 0.234 e. The van der Waals surface area contributed by atoms with Crippen LogP contribution in [-0.4, -0.2) is 21.8 Å². The van der Waals surface area contributed by atoms with Crippen LogP contribution in [0.15, 0.2) is 72.8 Å². The zero-order chi connectivity index (χ0) is 19.3. The normalized spacial score (nSPS) is 10.9.